The maximum atomic E-state index is 12.1. The van der Waals surface area contributed by atoms with Crippen molar-refractivity contribution in [1.29, 1.82) is 0 Å². The summed E-state index contributed by atoms with van der Waals surface area (Å²) in [4.78, 5) is 16.2. The van der Waals surface area contributed by atoms with Crippen molar-refractivity contribution in [1.82, 2.24) is 4.98 Å². The van der Waals surface area contributed by atoms with Gasteiger partial charge >= 0.3 is 0 Å². The number of thiophene rings is 1. The number of carbonyl (C=O) groups is 1. The first-order valence-corrected chi connectivity index (χ1v) is 6.89. The number of hydrogen-bond donors (Lipinski definition) is 1. The van der Waals surface area contributed by atoms with Gasteiger partial charge in [0, 0.05) is 11.6 Å². The highest BCUT2D eigenvalue weighted by Crippen LogP contribution is 2.24. The molecule has 1 amide bonds. The van der Waals surface area contributed by atoms with Crippen molar-refractivity contribution in [3.63, 3.8) is 0 Å². The summed E-state index contributed by atoms with van der Waals surface area (Å²) in [6.45, 7) is 4.14. The van der Waals surface area contributed by atoms with Gasteiger partial charge in [-0.1, -0.05) is 25.4 Å². The van der Waals surface area contributed by atoms with Gasteiger partial charge in [-0.15, -0.1) is 0 Å². The molecule has 5 heteroatoms. The molecular weight excluding hydrogens is 268 g/mol. The molecule has 0 aliphatic carbocycles. The van der Waals surface area contributed by atoms with Gasteiger partial charge < -0.3 is 5.32 Å². The van der Waals surface area contributed by atoms with E-state index in [-0.39, 0.29) is 5.91 Å². The Hall–Kier alpha value is -1.39. The van der Waals surface area contributed by atoms with E-state index in [9.17, 15) is 4.79 Å². The van der Waals surface area contributed by atoms with Crippen molar-refractivity contribution in [3.8, 4) is 0 Å². The van der Waals surface area contributed by atoms with Gasteiger partial charge in [-0.25, -0.2) is 4.98 Å². The van der Waals surface area contributed by atoms with Crippen LogP contribution in [0.2, 0.25) is 5.02 Å². The van der Waals surface area contributed by atoms with E-state index in [2.05, 4.69) is 24.1 Å². The van der Waals surface area contributed by atoms with Crippen LogP contribution in [0.3, 0.4) is 0 Å². The number of amides is 1. The van der Waals surface area contributed by atoms with Gasteiger partial charge in [0.15, 0.2) is 0 Å². The first kappa shape index (κ1) is 13.1. The lowest BCUT2D eigenvalue weighted by molar-refractivity contribution is 0.102. The summed E-state index contributed by atoms with van der Waals surface area (Å²) in [7, 11) is 0. The number of aromatic nitrogens is 1. The van der Waals surface area contributed by atoms with Crippen LogP contribution >= 0.6 is 22.9 Å². The molecule has 0 fully saturated rings. The summed E-state index contributed by atoms with van der Waals surface area (Å²) < 4.78 is 0. The van der Waals surface area contributed by atoms with Crippen molar-refractivity contribution in [2.45, 2.75) is 19.8 Å². The van der Waals surface area contributed by atoms with E-state index in [1.165, 1.54) is 17.5 Å². The molecule has 3 nitrogen and oxygen atoms in total. The number of anilines is 1. The van der Waals surface area contributed by atoms with Crippen molar-refractivity contribution in [3.05, 3.63) is 45.2 Å². The van der Waals surface area contributed by atoms with Crippen molar-refractivity contribution < 1.29 is 4.79 Å². The second-order valence-corrected chi connectivity index (χ2v) is 5.39. The Kier molecular flexibility index (Phi) is 3.99. The number of pyridine rings is 1. The van der Waals surface area contributed by atoms with E-state index in [1.54, 1.807) is 12.1 Å². The van der Waals surface area contributed by atoms with E-state index in [0.29, 0.717) is 22.3 Å². The second-order valence-electron chi connectivity index (χ2n) is 4.21. The molecule has 0 aliphatic heterocycles. The predicted octanol–water partition coefficient (Wildman–Crippen LogP) is 4.17. The van der Waals surface area contributed by atoms with Gasteiger partial charge in [0.25, 0.3) is 5.91 Å². The zero-order valence-corrected chi connectivity index (χ0v) is 11.7. The highest BCUT2D eigenvalue weighted by atomic mass is 35.5. The van der Waals surface area contributed by atoms with Crippen LogP contribution < -0.4 is 5.32 Å². The maximum Gasteiger partial charge on any atom is 0.257 e. The quantitative estimate of drug-likeness (QED) is 0.917. The molecule has 2 heterocycles. The molecule has 0 radical (unpaired) electrons. The van der Waals surface area contributed by atoms with Crippen LogP contribution in [0.1, 0.15) is 35.7 Å². The molecule has 0 bridgehead atoms. The predicted molar refractivity (Wildman–Crippen MR) is 75.6 cm³/mol. The Labute approximate surface area is 115 Å². The largest absolute Gasteiger partial charge is 0.307 e. The molecule has 0 aliphatic rings. The number of hydrogen-bond acceptors (Lipinski definition) is 3. The van der Waals surface area contributed by atoms with Gasteiger partial charge in [0.1, 0.15) is 5.82 Å². The molecule has 1 N–H and O–H groups in total. The monoisotopic (exact) mass is 280 g/mol. The number of carbonyl (C=O) groups excluding carboxylic acids is 1. The lowest BCUT2D eigenvalue weighted by Crippen LogP contribution is -2.14. The maximum absolute atomic E-state index is 12.1. The molecule has 18 heavy (non-hydrogen) atoms. The SMILES string of the molecule is CC(C)c1cscc1C(=O)Nc1ccc(Cl)cn1. The van der Waals surface area contributed by atoms with Crippen LogP contribution in [0.25, 0.3) is 0 Å². The molecule has 2 aromatic rings. The third kappa shape index (κ3) is 2.89. The standard InChI is InChI=1S/C13H13ClN2OS/c1-8(2)10-6-18-7-11(10)13(17)16-12-4-3-9(14)5-15-12/h3-8H,1-2H3,(H,15,16,17). The van der Waals surface area contributed by atoms with Gasteiger partial charge in [-0.3, -0.25) is 4.79 Å². The number of nitrogens with zero attached hydrogens (tertiary/aromatic N) is 1. The Morgan fingerprint density at radius 2 is 2.17 bits per heavy atom. The molecule has 94 valence electrons. The molecule has 2 rings (SSSR count). The number of nitrogens with one attached hydrogen (secondary N) is 1. The third-order valence-corrected chi connectivity index (χ3v) is 3.51. The van der Waals surface area contributed by atoms with Gasteiger partial charge in [-0.2, -0.15) is 11.3 Å². The number of rotatable bonds is 3. The smallest absolute Gasteiger partial charge is 0.257 e. The van der Waals surface area contributed by atoms with Gasteiger partial charge in [-0.05, 0) is 29.0 Å². The summed E-state index contributed by atoms with van der Waals surface area (Å²) in [5.74, 6) is 0.704. The molecule has 0 saturated carbocycles. The van der Waals surface area contributed by atoms with E-state index in [1.807, 2.05) is 10.8 Å². The third-order valence-electron chi connectivity index (χ3n) is 2.53. The summed E-state index contributed by atoms with van der Waals surface area (Å²) >= 11 is 7.27. The summed E-state index contributed by atoms with van der Waals surface area (Å²) in [5.41, 5.74) is 1.78. The fraction of sp³-hybridized carbons (Fsp3) is 0.231. The number of halogens is 1. The van der Waals surface area contributed by atoms with Crippen molar-refractivity contribution in [2.24, 2.45) is 0 Å². The minimum Gasteiger partial charge on any atom is -0.307 e. The lowest BCUT2D eigenvalue weighted by atomic mass is 10.0. The second kappa shape index (κ2) is 5.50. The van der Waals surface area contributed by atoms with Crippen molar-refractivity contribution >= 4 is 34.7 Å². The summed E-state index contributed by atoms with van der Waals surface area (Å²) in [6.07, 6.45) is 1.51. The molecule has 0 unspecified atom stereocenters. The van der Waals surface area contributed by atoms with Crippen LogP contribution in [0.4, 0.5) is 5.82 Å². The van der Waals surface area contributed by atoms with Crippen LogP contribution in [0.15, 0.2) is 29.1 Å². The lowest BCUT2D eigenvalue weighted by Gasteiger charge is -2.07. The Morgan fingerprint density at radius 1 is 1.39 bits per heavy atom. The molecule has 0 saturated heterocycles. The molecule has 0 spiro atoms. The summed E-state index contributed by atoms with van der Waals surface area (Å²) in [5, 5.41) is 7.18. The first-order chi connectivity index (χ1) is 8.58. The Balaban J connectivity index is 2.17. The minimum atomic E-state index is -0.130. The Morgan fingerprint density at radius 3 is 2.78 bits per heavy atom. The molecule has 0 atom stereocenters. The normalized spacial score (nSPS) is 10.7. The zero-order chi connectivity index (χ0) is 13.1. The van der Waals surface area contributed by atoms with Crippen LogP contribution in [-0.2, 0) is 0 Å². The fourth-order valence-corrected chi connectivity index (χ4v) is 2.68. The van der Waals surface area contributed by atoms with E-state index < -0.39 is 0 Å². The summed E-state index contributed by atoms with van der Waals surface area (Å²) in [6, 6.07) is 3.38. The van der Waals surface area contributed by atoms with E-state index >= 15 is 0 Å². The van der Waals surface area contributed by atoms with Crippen LogP contribution in [0.5, 0.6) is 0 Å². The molecule has 0 aromatic carbocycles. The van der Waals surface area contributed by atoms with Crippen LogP contribution in [-0.4, -0.2) is 10.9 Å². The van der Waals surface area contributed by atoms with Crippen molar-refractivity contribution in [2.75, 3.05) is 5.32 Å². The average Bonchev–Trinajstić information content (AvgIpc) is 2.81. The topological polar surface area (TPSA) is 42.0 Å². The van der Waals surface area contributed by atoms with E-state index in [0.717, 1.165) is 5.56 Å². The van der Waals surface area contributed by atoms with Gasteiger partial charge in [0.05, 0.1) is 10.6 Å². The van der Waals surface area contributed by atoms with E-state index in [4.69, 9.17) is 11.6 Å². The van der Waals surface area contributed by atoms with Gasteiger partial charge in [0.2, 0.25) is 0 Å². The zero-order valence-electron chi connectivity index (χ0n) is 10.1. The Bertz CT molecular complexity index is 548. The molecular formula is C13H13ClN2OS. The molecule has 2 aromatic heterocycles. The minimum absolute atomic E-state index is 0.130. The average molecular weight is 281 g/mol. The highest BCUT2D eigenvalue weighted by Gasteiger charge is 2.15. The first-order valence-electron chi connectivity index (χ1n) is 5.57. The fourth-order valence-electron chi connectivity index (χ4n) is 1.57. The highest BCUT2D eigenvalue weighted by molar-refractivity contribution is 7.08. The van der Waals surface area contributed by atoms with Crippen LogP contribution in [0, 0.1) is 0 Å².